The van der Waals surface area contributed by atoms with Crippen LogP contribution in [0.25, 0.3) is 11.1 Å². The Kier molecular flexibility index (Phi) is 3.62. The molecule has 0 nitrogen and oxygen atoms in total. The zero-order chi connectivity index (χ0) is 18.9. The second-order valence-electron chi connectivity index (χ2n) is 7.20. The minimum Gasteiger partial charge on any atom is -0.0894 e. The van der Waals surface area contributed by atoms with E-state index in [1.165, 1.54) is 43.2 Å². The van der Waals surface area contributed by atoms with Gasteiger partial charge in [0.15, 0.2) is 0 Å². The molecule has 0 aromatic heterocycles. The number of hydrogen-bond donors (Lipinski definition) is 0. The molecular formula is C25H14BrClS. The van der Waals surface area contributed by atoms with Crippen LogP contribution in [0.15, 0.2) is 99.2 Å². The highest BCUT2D eigenvalue weighted by atomic mass is 79.9. The van der Waals surface area contributed by atoms with Gasteiger partial charge in [-0.05, 0) is 58.1 Å². The molecule has 134 valence electrons. The number of hydrogen-bond acceptors (Lipinski definition) is 1. The van der Waals surface area contributed by atoms with Gasteiger partial charge in [0, 0.05) is 24.8 Å². The molecule has 28 heavy (non-hydrogen) atoms. The van der Waals surface area contributed by atoms with Crippen molar-refractivity contribution in [3.8, 4) is 11.1 Å². The summed E-state index contributed by atoms with van der Waals surface area (Å²) < 4.78 is 1.12. The molecule has 1 heterocycles. The van der Waals surface area contributed by atoms with Crippen LogP contribution in [0, 0.1) is 0 Å². The van der Waals surface area contributed by atoms with E-state index < -0.39 is 0 Å². The lowest BCUT2D eigenvalue weighted by Crippen LogP contribution is -2.31. The van der Waals surface area contributed by atoms with Crippen LogP contribution in [0.5, 0.6) is 0 Å². The van der Waals surface area contributed by atoms with Gasteiger partial charge in [-0.2, -0.15) is 0 Å². The van der Waals surface area contributed by atoms with Gasteiger partial charge in [-0.15, -0.1) is 0 Å². The molecule has 2 aliphatic rings. The van der Waals surface area contributed by atoms with E-state index in [9.17, 15) is 0 Å². The zero-order valence-electron chi connectivity index (χ0n) is 14.7. The summed E-state index contributed by atoms with van der Waals surface area (Å²) in [4.78, 5) is 2.61. The van der Waals surface area contributed by atoms with E-state index in [4.69, 9.17) is 11.6 Å². The van der Waals surface area contributed by atoms with E-state index in [-0.39, 0.29) is 5.41 Å². The Balaban J connectivity index is 1.88. The van der Waals surface area contributed by atoms with Gasteiger partial charge in [0.1, 0.15) is 0 Å². The fourth-order valence-corrected chi connectivity index (χ4v) is 6.82. The topological polar surface area (TPSA) is 0 Å². The van der Waals surface area contributed by atoms with Gasteiger partial charge in [0.2, 0.25) is 0 Å². The maximum Gasteiger partial charge on any atom is 0.0736 e. The van der Waals surface area contributed by atoms with Gasteiger partial charge in [-0.1, -0.05) is 93.9 Å². The molecule has 0 saturated heterocycles. The van der Waals surface area contributed by atoms with Crippen molar-refractivity contribution in [3.63, 3.8) is 0 Å². The normalized spacial score (nSPS) is 14.9. The zero-order valence-corrected chi connectivity index (χ0v) is 17.9. The number of fused-ring (bicyclic) bond motifs is 9. The lowest BCUT2D eigenvalue weighted by atomic mass is 9.67. The Hall–Kier alpha value is -2.00. The first-order valence-corrected chi connectivity index (χ1v) is 11.2. The third-order valence-corrected chi connectivity index (χ3v) is 7.92. The van der Waals surface area contributed by atoms with Gasteiger partial charge in [-0.3, -0.25) is 0 Å². The molecule has 1 spiro atoms. The monoisotopic (exact) mass is 460 g/mol. The van der Waals surface area contributed by atoms with E-state index >= 15 is 0 Å². The third-order valence-electron chi connectivity index (χ3n) is 5.87. The number of halogens is 2. The van der Waals surface area contributed by atoms with Gasteiger partial charge >= 0.3 is 0 Å². The summed E-state index contributed by atoms with van der Waals surface area (Å²) in [6, 6.07) is 30.5. The molecule has 3 heteroatoms. The molecular weight excluding hydrogens is 448 g/mol. The van der Waals surface area contributed by atoms with Crippen LogP contribution in [-0.4, -0.2) is 0 Å². The molecule has 0 radical (unpaired) electrons. The van der Waals surface area contributed by atoms with Crippen molar-refractivity contribution >= 4 is 39.3 Å². The second kappa shape index (κ2) is 6.00. The highest BCUT2D eigenvalue weighted by Gasteiger charge is 2.50. The van der Waals surface area contributed by atoms with Crippen LogP contribution in [-0.2, 0) is 5.41 Å². The smallest absolute Gasteiger partial charge is 0.0736 e. The Morgan fingerprint density at radius 3 is 2.04 bits per heavy atom. The predicted molar refractivity (Wildman–Crippen MR) is 121 cm³/mol. The summed E-state index contributed by atoms with van der Waals surface area (Å²) in [5.41, 5.74) is 7.42. The van der Waals surface area contributed by atoms with Crippen molar-refractivity contribution in [2.45, 2.75) is 15.2 Å². The van der Waals surface area contributed by atoms with Gasteiger partial charge in [0.05, 0.1) is 5.41 Å². The van der Waals surface area contributed by atoms with Crippen molar-refractivity contribution in [2.75, 3.05) is 0 Å². The van der Waals surface area contributed by atoms with E-state index in [0.29, 0.717) is 0 Å². The predicted octanol–water partition coefficient (Wildman–Crippen LogP) is 7.93. The van der Waals surface area contributed by atoms with Crippen molar-refractivity contribution in [1.29, 1.82) is 0 Å². The fourth-order valence-electron chi connectivity index (χ4n) is 4.87. The van der Waals surface area contributed by atoms with E-state index in [0.717, 1.165) is 9.50 Å². The van der Waals surface area contributed by atoms with Crippen LogP contribution in [0.3, 0.4) is 0 Å². The van der Waals surface area contributed by atoms with Gasteiger partial charge < -0.3 is 0 Å². The van der Waals surface area contributed by atoms with Crippen molar-refractivity contribution in [1.82, 2.24) is 0 Å². The molecule has 0 amide bonds. The van der Waals surface area contributed by atoms with Crippen LogP contribution in [0.1, 0.15) is 22.3 Å². The third kappa shape index (κ3) is 2.03. The summed E-state index contributed by atoms with van der Waals surface area (Å²) in [6.45, 7) is 0. The lowest BCUT2D eigenvalue weighted by Gasteiger charge is -2.39. The van der Waals surface area contributed by atoms with Gasteiger partial charge in [0.25, 0.3) is 0 Å². The Morgan fingerprint density at radius 2 is 1.32 bits per heavy atom. The summed E-state index contributed by atoms with van der Waals surface area (Å²) >= 11 is 12.2. The quantitative estimate of drug-likeness (QED) is 0.221. The second-order valence-corrected chi connectivity index (χ2v) is 9.57. The SMILES string of the molecule is Clc1ccc2c(c1)C1(c3ccccc3Sc3ccccc31)c1cccc(Br)c1-2. The highest BCUT2D eigenvalue weighted by Crippen LogP contribution is 2.63. The van der Waals surface area contributed by atoms with Crippen LogP contribution in [0.4, 0.5) is 0 Å². The summed E-state index contributed by atoms with van der Waals surface area (Å²) in [6.07, 6.45) is 0. The summed E-state index contributed by atoms with van der Waals surface area (Å²) in [7, 11) is 0. The molecule has 1 aliphatic heterocycles. The van der Waals surface area contributed by atoms with Crippen molar-refractivity contribution < 1.29 is 0 Å². The molecule has 0 N–H and O–H groups in total. The van der Waals surface area contributed by atoms with Crippen molar-refractivity contribution in [3.05, 3.63) is 117 Å². The fraction of sp³-hybridized carbons (Fsp3) is 0.0400. The minimum atomic E-state index is -0.349. The first-order chi connectivity index (χ1) is 13.7. The summed E-state index contributed by atoms with van der Waals surface area (Å²) in [5.74, 6) is 0. The molecule has 0 fully saturated rings. The molecule has 0 unspecified atom stereocenters. The number of benzene rings is 4. The van der Waals surface area contributed by atoms with Crippen LogP contribution >= 0.6 is 39.3 Å². The largest absolute Gasteiger partial charge is 0.0894 e. The standard InChI is InChI=1S/C25H14BrClS/c26-21-9-5-8-19-24(21)16-13-12-15(27)14-20(16)25(19)17-6-1-3-10-22(17)28-23-11-4-2-7-18(23)25/h1-14H. The first kappa shape index (κ1) is 16.9. The van der Waals surface area contributed by atoms with E-state index in [1.54, 1.807) is 0 Å². The molecule has 0 saturated carbocycles. The average Bonchev–Trinajstić information content (AvgIpc) is 3.00. The van der Waals surface area contributed by atoms with E-state index in [2.05, 4.69) is 94.8 Å². The maximum atomic E-state index is 6.55. The molecule has 4 aromatic rings. The Bertz CT molecular complexity index is 1230. The molecule has 0 bridgehead atoms. The molecule has 4 aromatic carbocycles. The average molecular weight is 462 g/mol. The minimum absolute atomic E-state index is 0.349. The Labute approximate surface area is 181 Å². The highest BCUT2D eigenvalue weighted by molar-refractivity contribution is 9.10. The lowest BCUT2D eigenvalue weighted by molar-refractivity contribution is 0.722. The molecule has 0 atom stereocenters. The first-order valence-electron chi connectivity index (χ1n) is 9.17. The van der Waals surface area contributed by atoms with E-state index in [1.807, 2.05) is 17.8 Å². The van der Waals surface area contributed by atoms with Crippen molar-refractivity contribution in [2.24, 2.45) is 0 Å². The molecule has 6 rings (SSSR count). The van der Waals surface area contributed by atoms with Gasteiger partial charge in [-0.25, -0.2) is 0 Å². The maximum absolute atomic E-state index is 6.55. The van der Waals surface area contributed by atoms with Crippen LogP contribution in [0.2, 0.25) is 5.02 Å². The number of rotatable bonds is 0. The molecule has 1 aliphatic carbocycles. The Morgan fingerprint density at radius 1 is 0.679 bits per heavy atom. The van der Waals surface area contributed by atoms with Crippen LogP contribution < -0.4 is 0 Å². The summed E-state index contributed by atoms with van der Waals surface area (Å²) in [5, 5.41) is 0.773.